The quantitative estimate of drug-likeness (QED) is 0.505. The van der Waals surface area contributed by atoms with Crippen LogP contribution in [0.2, 0.25) is 0 Å². The third-order valence-corrected chi connectivity index (χ3v) is 7.94. The Morgan fingerprint density at radius 2 is 1.23 bits per heavy atom. The van der Waals surface area contributed by atoms with Crippen LogP contribution in [0.25, 0.3) is 0 Å². The standard InChI is InChI=1S/C11H26N2O7P2/c1-5-17-21(15,18-6-2)11(13-10(14)9-12)22(16,19-7-3)20-8-4/h11H,5-9,12H2,1-4H3,(H,13,14). The molecule has 0 radical (unpaired) electrons. The van der Waals surface area contributed by atoms with Crippen LogP contribution in [-0.4, -0.2) is 44.4 Å². The molecule has 0 aromatic rings. The fourth-order valence-electron chi connectivity index (χ4n) is 1.61. The van der Waals surface area contributed by atoms with E-state index in [1.165, 1.54) is 0 Å². The fraction of sp³-hybridized carbons (Fsp3) is 0.909. The lowest BCUT2D eigenvalue weighted by Crippen LogP contribution is -2.40. The molecule has 0 spiro atoms. The SMILES string of the molecule is CCOP(=O)(OCC)C(NC(=O)CN)P(=O)(OCC)OCC. The second kappa shape index (κ2) is 10.5. The predicted molar refractivity (Wildman–Crippen MR) is 82.7 cm³/mol. The van der Waals surface area contributed by atoms with E-state index in [0.29, 0.717) is 0 Å². The van der Waals surface area contributed by atoms with Gasteiger partial charge in [0.15, 0.2) is 0 Å². The van der Waals surface area contributed by atoms with Crippen molar-refractivity contribution in [3.8, 4) is 0 Å². The summed E-state index contributed by atoms with van der Waals surface area (Å²) in [5.74, 6) is -0.677. The van der Waals surface area contributed by atoms with Crippen molar-refractivity contribution in [3.05, 3.63) is 0 Å². The van der Waals surface area contributed by atoms with Gasteiger partial charge in [0.05, 0.1) is 33.0 Å². The summed E-state index contributed by atoms with van der Waals surface area (Å²) >= 11 is 0. The van der Waals surface area contributed by atoms with Crippen molar-refractivity contribution in [3.63, 3.8) is 0 Å². The topological polar surface area (TPSA) is 126 Å². The van der Waals surface area contributed by atoms with Crippen molar-refractivity contribution in [2.24, 2.45) is 5.73 Å². The summed E-state index contributed by atoms with van der Waals surface area (Å²) in [5, 5.41) is 2.30. The molecule has 0 bridgehead atoms. The Morgan fingerprint density at radius 1 is 0.909 bits per heavy atom. The third kappa shape index (κ3) is 6.08. The van der Waals surface area contributed by atoms with E-state index >= 15 is 0 Å². The molecular formula is C11H26N2O7P2. The Hall–Kier alpha value is -0.270. The van der Waals surface area contributed by atoms with Crippen LogP contribution < -0.4 is 11.1 Å². The minimum Gasteiger partial charge on any atom is -0.331 e. The van der Waals surface area contributed by atoms with Gasteiger partial charge in [-0.05, 0) is 27.7 Å². The van der Waals surface area contributed by atoms with E-state index in [9.17, 15) is 13.9 Å². The first-order chi connectivity index (χ1) is 10.3. The molecule has 0 heterocycles. The summed E-state index contributed by atoms with van der Waals surface area (Å²) in [6.07, 6.45) is 0. The van der Waals surface area contributed by atoms with E-state index in [0.717, 1.165) is 0 Å². The average molecular weight is 360 g/mol. The van der Waals surface area contributed by atoms with E-state index in [1.54, 1.807) is 27.7 Å². The molecule has 0 aliphatic rings. The minimum absolute atomic E-state index is 0.0323. The molecule has 0 saturated heterocycles. The first-order valence-electron chi connectivity index (χ1n) is 7.10. The van der Waals surface area contributed by atoms with Crippen LogP contribution in [0.1, 0.15) is 27.7 Å². The molecular weight excluding hydrogens is 334 g/mol. The summed E-state index contributed by atoms with van der Waals surface area (Å²) < 4.78 is 46.5. The summed E-state index contributed by atoms with van der Waals surface area (Å²) in [4.78, 5) is 11.6. The molecule has 11 heteroatoms. The van der Waals surface area contributed by atoms with Gasteiger partial charge in [0.2, 0.25) is 11.4 Å². The lowest BCUT2D eigenvalue weighted by molar-refractivity contribution is -0.119. The first kappa shape index (κ1) is 21.7. The van der Waals surface area contributed by atoms with Crippen LogP contribution in [-0.2, 0) is 32.0 Å². The highest BCUT2D eigenvalue weighted by Crippen LogP contribution is 2.69. The number of hydrogen-bond acceptors (Lipinski definition) is 8. The van der Waals surface area contributed by atoms with E-state index in [-0.39, 0.29) is 33.0 Å². The molecule has 0 aromatic heterocycles. The number of carbonyl (C=O) groups is 1. The summed E-state index contributed by atoms with van der Waals surface area (Å²) in [7, 11) is -7.96. The molecule has 0 atom stereocenters. The molecule has 0 fully saturated rings. The van der Waals surface area contributed by atoms with Crippen LogP contribution in [0.3, 0.4) is 0 Å². The van der Waals surface area contributed by atoms with E-state index in [4.69, 9.17) is 23.8 Å². The molecule has 1 amide bonds. The van der Waals surface area contributed by atoms with Gasteiger partial charge >= 0.3 is 15.2 Å². The number of rotatable bonds is 12. The van der Waals surface area contributed by atoms with Crippen molar-refractivity contribution in [1.82, 2.24) is 5.32 Å². The van der Waals surface area contributed by atoms with E-state index in [1.807, 2.05) is 0 Å². The Labute approximate surface area is 131 Å². The number of amides is 1. The summed E-state index contributed by atoms with van der Waals surface area (Å²) in [5.41, 5.74) is 3.67. The lowest BCUT2D eigenvalue weighted by atomic mass is 10.6. The van der Waals surface area contributed by atoms with Gasteiger partial charge in [-0.15, -0.1) is 0 Å². The highest BCUT2D eigenvalue weighted by Gasteiger charge is 2.51. The highest BCUT2D eigenvalue weighted by molar-refractivity contribution is 7.72. The van der Waals surface area contributed by atoms with Crippen LogP contribution in [0.4, 0.5) is 0 Å². The van der Waals surface area contributed by atoms with Crippen molar-refractivity contribution in [2.75, 3.05) is 33.0 Å². The number of hydrogen-bond donors (Lipinski definition) is 2. The van der Waals surface area contributed by atoms with Gasteiger partial charge in [-0.3, -0.25) is 13.9 Å². The lowest BCUT2D eigenvalue weighted by Gasteiger charge is -2.31. The normalized spacial score (nSPS) is 12.6. The Morgan fingerprint density at radius 3 is 1.45 bits per heavy atom. The molecule has 0 rings (SSSR count). The van der Waals surface area contributed by atoms with Crippen LogP contribution in [0, 0.1) is 0 Å². The van der Waals surface area contributed by atoms with E-state index in [2.05, 4.69) is 5.32 Å². The maximum Gasteiger partial charge on any atom is 0.365 e. The predicted octanol–water partition coefficient (Wildman–Crippen LogP) is 1.88. The zero-order valence-electron chi connectivity index (χ0n) is 13.4. The smallest absolute Gasteiger partial charge is 0.331 e. The second-order valence-corrected chi connectivity index (χ2v) is 8.53. The van der Waals surface area contributed by atoms with Crippen molar-refractivity contribution in [2.45, 2.75) is 33.2 Å². The highest BCUT2D eigenvalue weighted by atomic mass is 31.2. The van der Waals surface area contributed by atoms with Gasteiger partial charge in [-0.1, -0.05) is 0 Å². The molecule has 3 N–H and O–H groups in total. The summed E-state index contributed by atoms with van der Waals surface area (Å²) in [6.45, 7) is 6.14. The minimum atomic E-state index is -3.98. The van der Waals surface area contributed by atoms with Crippen molar-refractivity contribution >= 4 is 21.1 Å². The third-order valence-electron chi connectivity index (χ3n) is 2.31. The van der Waals surface area contributed by atoms with Gasteiger partial charge in [0, 0.05) is 0 Å². The maximum atomic E-state index is 12.9. The molecule has 132 valence electrons. The van der Waals surface area contributed by atoms with Crippen LogP contribution in [0.15, 0.2) is 0 Å². The monoisotopic (exact) mass is 360 g/mol. The Kier molecular flexibility index (Phi) is 10.4. The van der Waals surface area contributed by atoms with Crippen LogP contribution >= 0.6 is 15.2 Å². The summed E-state index contributed by atoms with van der Waals surface area (Å²) in [6, 6.07) is 0. The molecule has 0 unspecified atom stereocenters. The fourth-order valence-corrected chi connectivity index (χ4v) is 6.55. The molecule has 0 aromatic carbocycles. The van der Waals surface area contributed by atoms with E-state index < -0.39 is 26.6 Å². The zero-order chi connectivity index (χ0) is 17.2. The van der Waals surface area contributed by atoms with Gasteiger partial charge < -0.3 is 29.1 Å². The van der Waals surface area contributed by atoms with Crippen LogP contribution in [0.5, 0.6) is 0 Å². The van der Waals surface area contributed by atoms with Gasteiger partial charge in [-0.25, -0.2) is 0 Å². The molecule has 0 aliphatic carbocycles. The Bertz CT molecular complexity index is 383. The molecule has 0 saturated carbocycles. The second-order valence-electron chi connectivity index (χ2n) is 3.90. The number of carbonyl (C=O) groups excluding carboxylic acids is 1. The largest absolute Gasteiger partial charge is 0.365 e. The zero-order valence-corrected chi connectivity index (χ0v) is 15.2. The van der Waals surface area contributed by atoms with Gasteiger partial charge in [0.25, 0.3) is 0 Å². The molecule has 9 nitrogen and oxygen atoms in total. The Balaban J connectivity index is 5.80. The molecule has 0 aliphatic heterocycles. The average Bonchev–Trinajstić information content (AvgIpc) is 2.45. The van der Waals surface area contributed by atoms with Gasteiger partial charge in [-0.2, -0.15) is 0 Å². The van der Waals surface area contributed by atoms with Crippen molar-refractivity contribution < 1.29 is 32.0 Å². The number of nitrogens with two attached hydrogens (primary N) is 1. The number of nitrogens with one attached hydrogen (secondary N) is 1. The maximum absolute atomic E-state index is 12.9. The first-order valence-corrected chi connectivity index (χ1v) is 10.3. The van der Waals surface area contributed by atoms with Gasteiger partial charge in [0.1, 0.15) is 0 Å². The molecule has 22 heavy (non-hydrogen) atoms. The van der Waals surface area contributed by atoms with Crippen molar-refractivity contribution in [1.29, 1.82) is 0 Å².